The van der Waals surface area contributed by atoms with Crippen molar-refractivity contribution in [3.8, 4) is 11.3 Å². The summed E-state index contributed by atoms with van der Waals surface area (Å²) in [6.45, 7) is 9.00. The summed E-state index contributed by atoms with van der Waals surface area (Å²) < 4.78 is 1.85. The molecule has 22 heavy (non-hydrogen) atoms. The van der Waals surface area contributed by atoms with Gasteiger partial charge in [0.2, 0.25) is 0 Å². The fourth-order valence-corrected chi connectivity index (χ4v) is 2.68. The summed E-state index contributed by atoms with van der Waals surface area (Å²) in [4.78, 5) is 12.7. The molecular formula is C19H26N2O. The van der Waals surface area contributed by atoms with Gasteiger partial charge in [-0.05, 0) is 42.5 Å². The van der Waals surface area contributed by atoms with Crippen molar-refractivity contribution in [2.45, 2.75) is 52.6 Å². The fraction of sp³-hybridized carbons (Fsp3) is 0.421. The maximum absolute atomic E-state index is 12.7. The maximum Gasteiger partial charge on any atom is 0.255 e. The van der Waals surface area contributed by atoms with Crippen molar-refractivity contribution in [2.24, 2.45) is 5.73 Å². The summed E-state index contributed by atoms with van der Waals surface area (Å²) in [6.07, 6.45) is 0.916. The fourth-order valence-electron chi connectivity index (χ4n) is 2.68. The van der Waals surface area contributed by atoms with Crippen LogP contribution < -0.4 is 11.3 Å². The van der Waals surface area contributed by atoms with E-state index in [4.69, 9.17) is 5.73 Å². The van der Waals surface area contributed by atoms with Crippen LogP contribution in [0.4, 0.5) is 0 Å². The first-order chi connectivity index (χ1) is 10.5. The second kappa shape index (κ2) is 6.93. The summed E-state index contributed by atoms with van der Waals surface area (Å²) in [5.41, 5.74) is 9.96. The molecule has 2 aromatic rings. The largest absolute Gasteiger partial charge is 0.324 e. The van der Waals surface area contributed by atoms with Crippen LogP contribution in [0.25, 0.3) is 11.3 Å². The van der Waals surface area contributed by atoms with E-state index in [0.29, 0.717) is 18.0 Å². The minimum Gasteiger partial charge on any atom is -0.324 e. The number of hydrogen-bond acceptors (Lipinski definition) is 2. The zero-order valence-corrected chi connectivity index (χ0v) is 14.0. The molecule has 1 aromatic carbocycles. The number of rotatable bonds is 5. The third-order valence-corrected chi connectivity index (χ3v) is 4.01. The molecule has 0 saturated heterocycles. The standard InChI is InChI=1S/C19H26N2O/c1-5-12-21-18(11-10-17(14(4)20)19(21)22)16-8-6-15(7-9-16)13(2)3/h6-11,13-14H,5,12,20H2,1-4H3. The summed E-state index contributed by atoms with van der Waals surface area (Å²) in [7, 11) is 0. The summed E-state index contributed by atoms with van der Waals surface area (Å²) in [5, 5.41) is 0. The average molecular weight is 298 g/mol. The molecule has 2 N–H and O–H groups in total. The highest BCUT2D eigenvalue weighted by Gasteiger charge is 2.12. The highest BCUT2D eigenvalue weighted by molar-refractivity contribution is 5.60. The Morgan fingerprint density at radius 3 is 2.18 bits per heavy atom. The van der Waals surface area contributed by atoms with E-state index < -0.39 is 0 Å². The van der Waals surface area contributed by atoms with E-state index in [0.717, 1.165) is 17.7 Å². The Morgan fingerprint density at radius 1 is 1.05 bits per heavy atom. The molecule has 0 bridgehead atoms. The van der Waals surface area contributed by atoms with Crippen molar-refractivity contribution < 1.29 is 0 Å². The molecule has 1 atom stereocenters. The van der Waals surface area contributed by atoms with Gasteiger partial charge in [-0.1, -0.05) is 45.0 Å². The molecule has 0 amide bonds. The number of pyridine rings is 1. The smallest absolute Gasteiger partial charge is 0.255 e. The lowest BCUT2D eigenvalue weighted by Gasteiger charge is -2.16. The quantitative estimate of drug-likeness (QED) is 0.904. The van der Waals surface area contributed by atoms with Crippen LogP contribution in [0.3, 0.4) is 0 Å². The van der Waals surface area contributed by atoms with E-state index in [9.17, 15) is 4.79 Å². The van der Waals surface area contributed by atoms with Gasteiger partial charge in [-0.3, -0.25) is 4.79 Å². The van der Waals surface area contributed by atoms with Crippen LogP contribution in [0.15, 0.2) is 41.2 Å². The Kier molecular flexibility index (Phi) is 5.19. The summed E-state index contributed by atoms with van der Waals surface area (Å²) in [6, 6.07) is 12.1. The van der Waals surface area contributed by atoms with Crippen molar-refractivity contribution in [3.05, 3.63) is 57.9 Å². The topological polar surface area (TPSA) is 48.0 Å². The van der Waals surface area contributed by atoms with E-state index >= 15 is 0 Å². The molecule has 0 aliphatic carbocycles. The first-order valence-corrected chi connectivity index (χ1v) is 8.05. The molecule has 0 aliphatic heterocycles. The van der Waals surface area contributed by atoms with Gasteiger partial charge in [-0.25, -0.2) is 0 Å². The Labute approximate surface area is 132 Å². The number of aromatic nitrogens is 1. The number of nitrogens with zero attached hydrogens (tertiary/aromatic N) is 1. The lowest BCUT2D eigenvalue weighted by Crippen LogP contribution is -2.28. The van der Waals surface area contributed by atoms with E-state index in [-0.39, 0.29) is 11.6 Å². The van der Waals surface area contributed by atoms with Gasteiger partial charge in [0.25, 0.3) is 5.56 Å². The van der Waals surface area contributed by atoms with Gasteiger partial charge in [0.15, 0.2) is 0 Å². The van der Waals surface area contributed by atoms with E-state index in [1.165, 1.54) is 5.56 Å². The van der Waals surface area contributed by atoms with Crippen molar-refractivity contribution in [3.63, 3.8) is 0 Å². The minimum atomic E-state index is -0.243. The summed E-state index contributed by atoms with van der Waals surface area (Å²) in [5.74, 6) is 0.507. The average Bonchev–Trinajstić information content (AvgIpc) is 2.49. The van der Waals surface area contributed by atoms with Crippen molar-refractivity contribution >= 4 is 0 Å². The molecule has 1 unspecified atom stereocenters. The van der Waals surface area contributed by atoms with Crippen molar-refractivity contribution in [2.75, 3.05) is 0 Å². The van der Waals surface area contributed by atoms with Gasteiger partial charge in [-0.2, -0.15) is 0 Å². The minimum absolute atomic E-state index is 0.0299. The number of nitrogens with two attached hydrogens (primary N) is 1. The second-order valence-corrected chi connectivity index (χ2v) is 6.20. The van der Waals surface area contributed by atoms with Crippen LogP contribution in [0, 0.1) is 0 Å². The molecule has 0 fully saturated rings. The van der Waals surface area contributed by atoms with E-state index in [2.05, 4.69) is 45.0 Å². The Balaban J connectivity index is 2.54. The highest BCUT2D eigenvalue weighted by atomic mass is 16.1. The Hall–Kier alpha value is -1.87. The zero-order valence-electron chi connectivity index (χ0n) is 14.0. The first-order valence-electron chi connectivity index (χ1n) is 8.05. The molecule has 2 rings (SSSR count). The van der Waals surface area contributed by atoms with Gasteiger partial charge in [0, 0.05) is 18.2 Å². The molecule has 1 heterocycles. The SMILES string of the molecule is CCCn1c(-c2ccc(C(C)C)cc2)ccc(C(C)N)c1=O. The lowest BCUT2D eigenvalue weighted by atomic mass is 10.00. The normalized spacial score (nSPS) is 12.6. The molecule has 0 saturated carbocycles. The van der Waals surface area contributed by atoms with Crippen LogP contribution >= 0.6 is 0 Å². The van der Waals surface area contributed by atoms with Crippen LogP contribution in [0.2, 0.25) is 0 Å². The molecule has 3 nitrogen and oxygen atoms in total. The highest BCUT2D eigenvalue weighted by Crippen LogP contribution is 2.23. The molecule has 0 radical (unpaired) electrons. The third-order valence-electron chi connectivity index (χ3n) is 4.01. The third kappa shape index (κ3) is 3.30. The van der Waals surface area contributed by atoms with Crippen LogP contribution in [0.1, 0.15) is 57.2 Å². The number of hydrogen-bond donors (Lipinski definition) is 1. The first kappa shape index (κ1) is 16.5. The molecule has 0 aliphatic rings. The van der Waals surface area contributed by atoms with Crippen molar-refractivity contribution in [1.82, 2.24) is 4.57 Å². The van der Waals surface area contributed by atoms with E-state index in [1.807, 2.05) is 23.6 Å². The van der Waals surface area contributed by atoms with Crippen LogP contribution in [-0.4, -0.2) is 4.57 Å². The maximum atomic E-state index is 12.7. The predicted octanol–water partition coefficient (Wildman–Crippen LogP) is 4.07. The molecule has 3 heteroatoms. The zero-order chi connectivity index (χ0) is 16.3. The van der Waals surface area contributed by atoms with Gasteiger partial charge in [-0.15, -0.1) is 0 Å². The molecular weight excluding hydrogens is 272 g/mol. The van der Waals surface area contributed by atoms with Gasteiger partial charge < -0.3 is 10.3 Å². The Bertz CT molecular complexity index is 682. The molecule has 118 valence electrons. The molecule has 0 spiro atoms. The predicted molar refractivity (Wildman–Crippen MR) is 93.1 cm³/mol. The van der Waals surface area contributed by atoms with Crippen LogP contribution in [-0.2, 0) is 6.54 Å². The summed E-state index contributed by atoms with van der Waals surface area (Å²) >= 11 is 0. The molecule has 1 aromatic heterocycles. The van der Waals surface area contributed by atoms with Gasteiger partial charge in [0.05, 0.1) is 5.69 Å². The van der Waals surface area contributed by atoms with Gasteiger partial charge >= 0.3 is 0 Å². The van der Waals surface area contributed by atoms with Crippen LogP contribution in [0.5, 0.6) is 0 Å². The second-order valence-electron chi connectivity index (χ2n) is 6.20. The van der Waals surface area contributed by atoms with Gasteiger partial charge in [0.1, 0.15) is 0 Å². The Morgan fingerprint density at radius 2 is 1.68 bits per heavy atom. The van der Waals surface area contributed by atoms with Crippen molar-refractivity contribution in [1.29, 1.82) is 0 Å². The van der Waals surface area contributed by atoms with E-state index in [1.54, 1.807) is 0 Å². The number of benzene rings is 1. The monoisotopic (exact) mass is 298 g/mol. The lowest BCUT2D eigenvalue weighted by molar-refractivity contribution is 0.643.